The van der Waals surface area contributed by atoms with Gasteiger partial charge in [-0.05, 0) is 65.8 Å². The standard InChI is InChI=1S/C25H27NOSi.2C2H6N.Ti/c1-16-18-11-7-9-13-20(18)22-15-23(28(27)26(6)25(3,4)5)17(2)24(22)21-14-10-8-12-19(16)21;2*1-3-2;/h7-15,17H,1H2,2-6H3;2*1-2H3;/q;2*-1;+2. The molecule has 6 heteroatoms. The molecule has 2 aromatic rings. The molecule has 0 saturated carbocycles. The van der Waals surface area contributed by atoms with E-state index in [1.165, 1.54) is 27.8 Å². The van der Waals surface area contributed by atoms with Gasteiger partial charge in [0.25, 0.3) is 0 Å². The van der Waals surface area contributed by atoms with E-state index in [0.717, 1.165) is 16.3 Å². The number of fused-ring (bicyclic) bond motifs is 4. The van der Waals surface area contributed by atoms with Crippen molar-refractivity contribution in [3.05, 3.63) is 88.6 Å². The van der Waals surface area contributed by atoms with Gasteiger partial charge in [0.05, 0.1) is 0 Å². The summed E-state index contributed by atoms with van der Waals surface area (Å²) in [6.45, 7) is 12.9. The molecule has 0 aliphatic heterocycles. The normalized spacial score (nSPS) is 16.6. The van der Waals surface area contributed by atoms with Crippen LogP contribution in [0.15, 0.2) is 66.4 Å². The van der Waals surface area contributed by atoms with Crippen molar-refractivity contribution >= 4 is 25.6 Å². The molecule has 0 N–H and O–H groups in total. The molecule has 4 nitrogen and oxygen atoms in total. The quantitative estimate of drug-likeness (QED) is 0.478. The minimum atomic E-state index is -2.06. The average Bonchev–Trinajstić information content (AvgIpc) is 3.08. The van der Waals surface area contributed by atoms with E-state index >= 15 is 0 Å². The molecule has 0 heterocycles. The third kappa shape index (κ3) is 5.92. The molecular formula is C29H39N3OSiTi. The Kier molecular flexibility index (Phi) is 8.72. The van der Waals surface area contributed by atoms with Crippen molar-refractivity contribution in [3.63, 3.8) is 0 Å². The topological polar surface area (TPSA) is 26.8 Å². The Bertz CT molecular complexity index is 1180. The van der Waals surface area contributed by atoms with E-state index in [1.807, 2.05) is 11.6 Å². The molecule has 35 heavy (non-hydrogen) atoms. The average molecular weight is 522 g/mol. The molecule has 1 unspecified atom stereocenters. The van der Waals surface area contributed by atoms with Crippen molar-refractivity contribution in [1.82, 2.24) is 11.3 Å². The van der Waals surface area contributed by atoms with E-state index in [-0.39, 0.29) is 31.1 Å². The van der Waals surface area contributed by atoms with Crippen LogP contribution in [0, 0.1) is 5.92 Å². The number of benzene rings is 2. The van der Waals surface area contributed by atoms with E-state index in [2.05, 4.69) is 124 Å². The fourth-order valence-electron chi connectivity index (χ4n) is 4.60. The van der Waals surface area contributed by atoms with Crippen LogP contribution < -0.4 is 0 Å². The summed E-state index contributed by atoms with van der Waals surface area (Å²) in [7, 11) is 8.36. The Morgan fingerprint density at radius 2 is 1.29 bits per heavy atom. The molecule has 0 saturated heterocycles. The second-order valence-electron chi connectivity index (χ2n) is 10.6. The second kappa shape index (κ2) is 11.0. The fraction of sp³-hybridized carbons (Fsp3) is 0.379. The molecule has 4 rings (SSSR count). The molecule has 0 bridgehead atoms. The van der Waals surface area contributed by atoms with Gasteiger partial charge in [0.2, 0.25) is 0 Å². The number of hydrogen-bond acceptors (Lipinski definition) is 3. The van der Waals surface area contributed by atoms with Gasteiger partial charge in [-0.15, -0.1) is 0 Å². The molecule has 1 atom stereocenters. The predicted octanol–water partition coefficient (Wildman–Crippen LogP) is 5.76. The Labute approximate surface area is 223 Å². The number of hydrogen-bond donors (Lipinski definition) is 0. The number of allylic oxidation sites excluding steroid dienone is 4. The summed E-state index contributed by atoms with van der Waals surface area (Å²) in [6, 6.07) is 16.9. The van der Waals surface area contributed by atoms with Crippen molar-refractivity contribution in [2.45, 2.75) is 33.2 Å². The molecule has 0 spiro atoms. The SMILES string of the molecule is C=C1c2ccccc2C2=C(c3ccccc31)C(C)C([Si](=O)N(C)C(C)(C)C)=C2.C[N](C)[Ti][N](C)C. The Hall–Kier alpha value is -1.89. The van der Waals surface area contributed by atoms with Gasteiger partial charge in [-0.3, -0.25) is 0 Å². The molecule has 0 radical (unpaired) electrons. The maximum atomic E-state index is 13.5. The monoisotopic (exact) mass is 521 g/mol. The van der Waals surface area contributed by atoms with Crippen LogP contribution in [-0.4, -0.2) is 61.0 Å². The van der Waals surface area contributed by atoms with Crippen LogP contribution in [0.5, 0.6) is 0 Å². The van der Waals surface area contributed by atoms with E-state index < -0.39 is 8.84 Å². The zero-order valence-corrected chi connectivity index (χ0v) is 25.3. The van der Waals surface area contributed by atoms with Crippen LogP contribution in [0.4, 0.5) is 0 Å². The zero-order chi connectivity index (χ0) is 26.1. The van der Waals surface area contributed by atoms with Gasteiger partial charge in [-0.25, -0.2) is 0 Å². The van der Waals surface area contributed by atoms with Crippen LogP contribution in [0.25, 0.3) is 16.7 Å². The summed E-state index contributed by atoms with van der Waals surface area (Å²) in [5, 5.41) is 1.05. The third-order valence-corrected chi connectivity index (χ3v) is 10.1. The molecule has 2 aromatic carbocycles. The Balaban J connectivity index is 0.000000429. The van der Waals surface area contributed by atoms with Crippen molar-refractivity contribution in [2.24, 2.45) is 5.92 Å². The van der Waals surface area contributed by atoms with Crippen molar-refractivity contribution in [3.8, 4) is 0 Å². The van der Waals surface area contributed by atoms with E-state index in [4.69, 9.17) is 0 Å². The predicted molar refractivity (Wildman–Crippen MR) is 146 cm³/mol. The first-order valence-electron chi connectivity index (χ1n) is 12.1. The Morgan fingerprint density at radius 3 is 1.74 bits per heavy atom. The van der Waals surface area contributed by atoms with Gasteiger partial charge in [-0.1, -0.05) is 62.0 Å². The van der Waals surface area contributed by atoms with E-state index in [9.17, 15) is 4.46 Å². The van der Waals surface area contributed by atoms with Crippen molar-refractivity contribution < 1.29 is 24.1 Å². The van der Waals surface area contributed by atoms with Gasteiger partial charge in [0, 0.05) is 23.7 Å². The van der Waals surface area contributed by atoms with Gasteiger partial charge in [-0.2, -0.15) is 0 Å². The van der Waals surface area contributed by atoms with E-state index in [0.29, 0.717) is 0 Å². The summed E-state index contributed by atoms with van der Waals surface area (Å²) in [5.41, 5.74) is 8.13. The minimum absolute atomic E-state index is 0.0556. The second-order valence-corrected chi connectivity index (χ2v) is 15.6. The van der Waals surface area contributed by atoms with E-state index in [1.54, 1.807) is 0 Å². The van der Waals surface area contributed by atoms with Crippen LogP contribution in [0.3, 0.4) is 0 Å². The number of rotatable bonds is 4. The Morgan fingerprint density at radius 1 is 0.829 bits per heavy atom. The fourth-order valence-corrected chi connectivity index (χ4v) is 7.63. The summed E-state index contributed by atoms with van der Waals surface area (Å²) in [4.78, 5) is 0. The first kappa shape index (κ1) is 27.7. The number of nitrogens with zero attached hydrogens (tertiary/aromatic N) is 3. The molecule has 0 aromatic heterocycles. The molecule has 184 valence electrons. The van der Waals surface area contributed by atoms with Crippen LogP contribution in [0.2, 0.25) is 0 Å². The summed E-state index contributed by atoms with van der Waals surface area (Å²) in [5.74, 6) is 0.117. The molecular weight excluding hydrogens is 482 g/mol. The third-order valence-electron chi connectivity index (χ3n) is 6.53. The van der Waals surface area contributed by atoms with Crippen LogP contribution in [0.1, 0.15) is 49.9 Å². The molecule has 0 amide bonds. The van der Waals surface area contributed by atoms with Gasteiger partial charge in [0.15, 0.2) is 0 Å². The summed E-state index contributed by atoms with van der Waals surface area (Å²) >= 11 is 0.0556. The molecule has 2 aliphatic rings. The van der Waals surface area contributed by atoms with Gasteiger partial charge < -0.3 is 9.03 Å². The van der Waals surface area contributed by atoms with Crippen LogP contribution in [-0.2, 0) is 24.1 Å². The zero-order valence-electron chi connectivity index (χ0n) is 22.7. The maximum absolute atomic E-state index is 13.5. The van der Waals surface area contributed by atoms with Crippen LogP contribution >= 0.6 is 0 Å². The van der Waals surface area contributed by atoms with Gasteiger partial charge >= 0.3 is 63.5 Å². The summed E-state index contributed by atoms with van der Waals surface area (Å²) < 4.78 is 20.0. The van der Waals surface area contributed by atoms with Crippen molar-refractivity contribution in [1.29, 1.82) is 0 Å². The summed E-state index contributed by atoms with van der Waals surface area (Å²) in [6.07, 6.45) is 2.19. The molecule has 0 fully saturated rings. The van der Waals surface area contributed by atoms with Crippen molar-refractivity contribution in [2.75, 3.05) is 35.2 Å². The first-order chi connectivity index (χ1) is 16.3. The van der Waals surface area contributed by atoms with Gasteiger partial charge in [0.1, 0.15) is 0 Å². The molecule has 2 aliphatic carbocycles. The first-order valence-corrected chi connectivity index (χ1v) is 14.8.